The van der Waals surface area contributed by atoms with Gasteiger partial charge in [0, 0.05) is 52.9 Å². The van der Waals surface area contributed by atoms with Crippen molar-refractivity contribution in [2.75, 3.05) is 61.0 Å². The molecule has 0 N–H and O–H groups in total. The predicted molar refractivity (Wildman–Crippen MR) is 90.0 cm³/mol. The molecule has 0 radical (unpaired) electrons. The minimum absolute atomic E-state index is 0.163. The molecule has 1 aliphatic heterocycles. The highest BCUT2D eigenvalue weighted by atomic mass is 16.5. The van der Waals surface area contributed by atoms with Crippen molar-refractivity contribution in [1.82, 2.24) is 14.7 Å². The standard InChI is InChI=1S/C17H27N3O3/c1-18(2)17(21)13-20-7-5-19(6-8-20)12-14-9-15(22-3)11-16(10-14)23-4/h9-11H,5-8,12-13H2,1-4H3. The van der Waals surface area contributed by atoms with Crippen LogP contribution in [0.3, 0.4) is 0 Å². The fourth-order valence-corrected chi connectivity index (χ4v) is 2.65. The van der Waals surface area contributed by atoms with Gasteiger partial charge in [-0.2, -0.15) is 0 Å². The van der Waals surface area contributed by atoms with E-state index in [0.717, 1.165) is 44.2 Å². The van der Waals surface area contributed by atoms with Crippen LogP contribution in [-0.4, -0.2) is 81.6 Å². The van der Waals surface area contributed by atoms with Gasteiger partial charge >= 0.3 is 0 Å². The molecule has 0 aliphatic carbocycles. The molecule has 1 heterocycles. The molecule has 1 amide bonds. The molecule has 1 aliphatic rings. The molecular weight excluding hydrogens is 294 g/mol. The van der Waals surface area contributed by atoms with Crippen LogP contribution in [0.1, 0.15) is 5.56 Å². The number of likely N-dealkylation sites (N-methyl/N-ethyl adjacent to an activating group) is 1. The van der Waals surface area contributed by atoms with Gasteiger partial charge in [0.15, 0.2) is 0 Å². The van der Waals surface area contributed by atoms with E-state index in [1.54, 1.807) is 33.2 Å². The van der Waals surface area contributed by atoms with Crippen LogP contribution in [0, 0.1) is 0 Å². The minimum Gasteiger partial charge on any atom is -0.497 e. The number of benzene rings is 1. The Bertz CT molecular complexity index is 504. The third-order valence-corrected chi connectivity index (χ3v) is 4.14. The van der Waals surface area contributed by atoms with Gasteiger partial charge in [-0.05, 0) is 17.7 Å². The smallest absolute Gasteiger partial charge is 0.236 e. The second-order valence-electron chi connectivity index (χ2n) is 6.06. The van der Waals surface area contributed by atoms with E-state index in [-0.39, 0.29) is 5.91 Å². The molecule has 6 nitrogen and oxygen atoms in total. The molecule has 2 rings (SSSR count). The number of carbonyl (C=O) groups is 1. The number of rotatable bonds is 6. The maximum Gasteiger partial charge on any atom is 0.236 e. The van der Waals surface area contributed by atoms with E-state index in [4.69, 9.17) is 9.47 Å². The van der Waals surface area contributed by atoms with E-state index in [1.807, 2.05) is 18.2 Å². The highest BCUT2D eigenvalue weighted by Crippen LogP contribution is 2.23. The molecule has 0 bridgehead atoms. The van der Waals surface area contributed by atoms with Crippen LogP contribution in [0.25, 0.3) is 0 Å². The van der Waals surface area contributed by atoms with Crippen molar-refractivity contribution in [2.24, 2.45) is 0 Å². The maximum atomic E-state index is 11.8. The Kier molecular flexibility index (Phi) is 6.24. The Morgan fingerprint density at radius 2 is 1.52 bits per heavy atom. The lowest BCUT2D eigenvalue weighted by atomic mass is 10.1. The van der Waals surface area contributed by atoms with Gasteiger partial charge in [-0.15, -0.1) is 0 Å². The number of nitrogens with zero attached hydrogens (tertiary/aromatic N) is 3. The van der Waals surface area contributed by atoms with Crippen molar-refractivity contribution in [3.8, 4) is 11.5 Å². The molecule has 1 aromatic rings. The Hall–Kier alpha value is -1.79. The summed E-state index contributed by atoms with van der Waals surface area (Å²) in [5.74, 6) is 1.79. The summed E-state index contributed by atoms with van der Waals surface area (Å²) in [6.07, 6.45) is 0. The first-order valence-electron chi connectivity index (χ1n) is 7.88. The lowest BCUT2D eigenvalue weighted by Gasteiger charge is -2.34. The second kappa shape index (κ2) is 8.17. The summed E-state index contributed by atoms with van der Waals surface area (Å²) in [6.45, 7) is 5.12. The number of ether oxygens (including phenoxy) is 2. The van der Waals surface area contributed by atoms with Crippen LogP contribution in [0.4, 0.5) is 0 Å². The Morgan fingerprint density at radius 3 is 2.00 bits per heavy atom. The monoisotopic (exact) mass is 321 g/mol. The van der Waals surface area contributed by atoms with Crippen molar-refractivity contribution in [1.29, 1.82) is 0 Å². The minimum atomic E-state index is 0.163. The summed E-state index contributed by atoms with van der Waals surface area (Å²) in [5.41, 5.74) is 1.18. The largest absolute Gasteiger partial charge is 0.497 e. The summed E-state index contributed by atoms with van der Waals surface area (Å²) in [6, 6.07) is 5.98. The van der Waals surface area contributed by atoms with E-state index in [0.29, 0.717) is 6.54 Å². The van der Waals surface area contributed by atoms with Gasteiger partial charge in [0.25, 0.3) is 0 Å². The van der Waals surface area contributed by atoms with E-state index in [9.17, 15) is 4.79 Å². The van der Waals surface area contributed by atoms with Crippen LogP contribution in [-0.2, 0) is 11.3 Å². The zero-order chi connectivity index (χ0) is 16.8. The second-order valence-corrected chi connectivity index (χ2v) is 6.06. The molecule has 0 aromatic heterocycles. The molecule has 1 fully saturated rings. The average molecular weight is 321 g/mol. The van der Waals surface area contributed by atoms with Gasteiger partial charge < -0.3 is 14.4 Å². The van der Waals surface area contributed by atoms with Crippen LogP contribution in [0.5, 0.6) is 11.5 Å². The summed E-state index contributed by atoms with van der Waals surface area (Å²) in [4.78, 5) is 18.0. The molecule has 6 heteroatoms. The maximum absolute atomic E-state index is 11.8. The number of piperazine rings is 1. The number of hydrogen-bond donors (Lipinski definition) is 0. The fourth-order valence-electron chi connectivity index (χ4n) is 2.65. The highest BCUT2D eigenvalue weighted by Gasteiger charge is 2.20. The summed E-state index contributed by atoms with van der Waals surface area (Å²) < 4.78 is 10.6. The Balaban J connectivity index is 1.88. The quantitative estimate of drug-likeness (QED) is 0.779. The third-order valence-electron chi connectivity index (χ3n) is 4.14. The number of amides is 1. The van der Waals surface area contributed by atoms with Crippen molar-refractivity contribution in [3.05, 3.63) is 23.8 Å². The van der Waals surface area contributed by atoms with Crippen molar-refractivity contribution >= 4 is 5.91 Å². The summed E-state index contributed by atoms with van der Waals surface area (Å²) in [7, 11) is 6.93. The van der Waals surface area contributed by atoms with Gasteiger partial charge in [-0.1, -0.05) is 0 Å². The summed E-state index contributed by atoms with van der Waals surface area (Å²) >= 11 is 0. The lowest BCUT2D eigenvalue weighted by Crippen LogP contribution is -2.48. The van der Waals surface area contributed by atoms with Crippen LogP contribution < -0.4 is 9.47 Å². The molecule has 0 atom stereocenters. The lowest BCUT2D eigenvalue weighted by molar-refractivity contribution is -0.130. The predicted octanol–water partition coefficient (Wildman–Crippen LogP) is 0.910. The average Bonchev–Trinajstić information content (AvgIpc) is 2.56. The Labute approximate surface area is 138 Å². The van der Waals surface area contributed by atoms with Gasteiger partial charge in [-0.25, -0.2) is 0 Å². The number of carbonyl (C=O) groups excluding carboxylic acids is 1. The number of methoxy groups -OCH3 is 2. The first-order valence-corrected chi connectivity index (χ1v) is 7.88. The molecule has 0 spiro atoms. The topological polar surface area (TPSA) is 45.2 Å². The molecule has 0 saturated carbocycles. The molecule has 1 aromatic carbocycles. The van der Waals surface area contributed by atoms with Crippen LogP contribution >= 0.6 is 0 Å². The van der Waals surface area contributed by atoms with E-state index in [2.05, 4.69) is 9.80 Å². The normalized spacial score (nSPS) is 16.2. The molecular formula is C17H27N3O3. The molecule has 1 saturated heterocycles. The van der Waals surface area contributed by atoms with Gasteiger partial charge in [-0.3, -0.25) is 14.6 Å². The molecule has 128 valence electrons. The number of hydrogen-bond acceptors (Lipinski definition) is 5. The fraction of sp³-hybridized carbons (Fsp3) is 0.588. The van der Waals surface area contributed by atoms with Gasteiger partial charge in [0.1, 0.15) is 11.5 Å². The molecule has 0 unspecified atom stereocenters. The molecule has 23 heavy (non-hydrogen) atoms. The highest BCUT2D eigenvalue weighted by molar-refractivity contribution is 5.77. The van der Waals surface area contributed by atoms with E-state index >= 15 is 0 Å². The SMILES string of the molecule is COc1cc(CN2CCN(CC(=O)N(C)C)CC2)cc(OC)c1. The van der Waals surface area contributed by atoms with E-state index < -0.39 is 0 Å². The first-order chi connectivity index (χ1) is 11.0. The Morgan fingerprint density at radius 1 is 1.00 bits per heavy atom. The zero-order valence-corrected chi connectivity index (χ0v) is 14.5. The van der Waals surface area contributed by atoms with Crippen molar-refractivity contribution in [3.63, 3.8) is 0 Å². The third kappa shape index (κ3) is 5.11. The summed E-state index contributed by atoms with van der Waals surface area (Å²) in [5, 5.41) is 0. The van der Waals surface area contributed by atoms with Gasteiger partial charge in [0.2, 0.25) is 5.91 Å². The van der Waals surface area contributed by atoms with Crippen molar-refractivity contribution in [2.45, 2.75) is 6.54 Å². The first kappa shape index (κ1) is 17.6. The van der Waals surface area contributed by atoms with Crippen LogP contribution in [0.15, 0.2) is 18.2 Å². The van der Waals surface area contributed by atoms with Crippen LogP contribution in [0.2, 0.25) is 0 Å². The zero-order valence-electron chi connectivity index (χ0n) is 14.5. The van der Waals surface area contributed by atoms with E-state index in [1.165, 1.54) is 5.56 Å². The van der Waals surface area contributed by atoms with Gasteiger partial charge in [0.05, 0.1) is 20.8 Å². The van der Waals surface area contributed by atoms with Crippen molar-refractivity contribution < 1.29 is 14.3 Å².